The number of anilines is 1. The standard InChI is InChI=1S/C11H16N6O/c1-16-7-8(5-14-16)3-4-13-11(18)9-6-15-17(2)10(9)12/h5-7H,3-4,12H2,1-2H3,(H,13,18). The summed E-state index contributed by atoms with van der Waals surface area (Å²) in [5.74, 6) is 0.165. The molecule has 1 amide bonds. The van der Waals surface area contributed by atoms with Crippen molar-refractivity contribution in [2.75, 3.05) is 12.3 Å². The zero-order valence-electron chi connectivity index (χ0n) is 10.4. The average molecular weight is 248 g/mol. The third-order valence-corrected chi connectivity index (χ3v) is 2.69. The molecule has 96 valence electrons. The number of carbonyl (C=O) groups excluding carboxylic acids is 1. The van der Waals surface area contributed by atoms with Crippen LogP contribution in [0.4, 0.5) is 5.82 Å². The number of rotatable bonds is 4. The van der Waals surface area contributed by atoms with Crippen molar-refractivity contribution in [2.45, 2.75) is 6.42 Å². The monoisotopic (exact) mass is 248 g/mol. The smallest absolute Gasteiger partial charge is 0.256 e. The minimum Gasteiger partial charge on any atom is -0.383 e. The second-order valence-electron chi connectivity index (χ2n) is 4.10. The van der Waals surface area contributed by atoms with Gasteiger partial charge in [-0.25, -0.2) is 0 Å². The van der Waals surface area contributed by atoms with Crippen LogP contribution < -0.4 is 11.1 Å². The van der Waals surface area contributed by atoms with Gasteiger partial charge in [-0.2, -0.15) is 10.2 Å². The summed E-state index contributed by atoms with van der Waals surface area (Å²) in [6.07, 6.45) is 5.91. The van der Waals surface area contributed by atoms with Gasteiger partial charge in [0.05, 0.1) is 12.4 Å². The van der Waals surface area contributed by atoms with E-state index in [9.17, 15) is 4.79 Å². The molecule has 0 bridgehead atoms. The summed E-state index contributed by atoms with van der Waals surface area (Å²) >= 11 is 0. The fraction of sp³-hybridized carbons (Fsp3) is 0.364. The Balaban J connectivity index is 1.87. The van der Waals surface area contributed by atoms with Gasteiger partial charge in [-0.05, 0) is 12.0 Å². The highest BCUT2D eigenvalue weighted by molar-refractivity contribution is 5.98. The molecule has 0 radical (unpaired) electrons. The minimum atomic E-state index is -0.204. The SMILES string of the molecule is Cn1cc(CCNC(=O)c2cnn(C)c2N)cn1. The van der Waals surface area contributed by atoms with E-state index in [2.05, 4.69) is 15.5 Å². The molecule has 0 aliphatic heterocycles. The lowest BCUT2D eigenvalue weighted by molar-refractivity contribution is 0.0955. The van der Waals surface area contributed by atoms with Gasteiger partial charge in [0.2, 0.25) is 0 Å². The molecule has 7 nitrogen and oxygen atoms in total. The number of nitrogen functional groups attached to an aromatic ring is 1. The molecule has 2 aromatic rings. The van der Waals surface area contributed by atoms with Gasteiger partial charge < -0.3 is 11.1 Å². The first kappa shape index (κ1) is 12.2. The van der Waals surface area contributed by atoms with Gasteiger partial charge in [-0.3, -0.25) is 14.2 Å². The Kier molecular flexibility index (Phi) is 3.31. The number of hydrogen-bond donors (Lipinski definition) is 2. The van der Waals surface area contributed by atoms with Gasteiger partial charge in [0.15, 0.2) is 0 Å². The molecule has 0 spiro atoms. The Morgan fingerprint density at radius 3 is 2.72 bits per heavy atom. The normalized spacial score (nSPS) is 10.6. The molecule has 2 rings (SSSR count). The van der Waals surface area contributed by atoms with E-state index in [4.69, 9.17) is 5.73 Å². The maximum atomic E-state index is 11.8. The summed E-state index contributed by atoms with van der Waals surface area (Å²) in [6.45, 7) is 0.541. The molecule has 0 aromatic carbocycles. The first-order valence-electron chi connectivity index (χ1n) is 5.61. The van der Waals surface area contributed by atoms with E-state index < -0.39 is 0 Å². The summed E-state index contributed by atoms with van der Waals surface area (Å²) in [5.41, 5.74) is 7.20. The van der Waals surface area contributed by atoms with Crippen LogP contribution in [0.3, 0.4) is 0 Å². The summed E-state index contributed by atoms with van der Waals surface area (Å²) in [7, 11) is 3.56. The first-order valence-corrected chi connectivity index (χ1v) is 5.61. The van der Waals surface area contributed by atoms with Crippen molar-refractivity contribution in [2.24, 2.45) is 14.1 Å². The lowest BCUT2D eigenvalue weighted by Gasteiger charge is -2.03. The Labute approximate surface area is 105 Å². The number of amides is 1. The third-order valence-electron chi connectivity index (χ3n) is 2.69. The van der Waals surface area contributed by atoms with Crippen molar-refractivity contribution in [1.29, 1.82) is 0 Å². The Morgan fingerprint density at radius 2 is 2.17 bits per heavy atom. The molecule has 0 atom stereocenters. The van der Waals surface area contributed by atoms with Gasteiger partial charge in [-0.1, -0.05) is 0 Å². The highest BCUT2D eigenvalue weighted by Gasteiger charge is 2.12. The minimum absolute atomic E-state index is 0.204. The maximum Gasteiger partial charge on any atom is 0.256 e. The number of nitrogens with one attached hydrogen (secondary N) is 1. The zero-order valence-corrected chi connectivity index (χ0v) is 10.4. The molecule has 0 aliphatic rings. The third kappa shape index (κ3) is 2.50. The van der Waals surface area contributed by atoms with Crippen molar-refractivity contribution in [1.82, 2.24) is 24.9 Å². The van der Waals surface area contributed by atoms with Crippen LogP contribution in [-0.2, 0) is 20.5 Å². The summed E-state index contributed by atoms with van der Waals surface area (Å²) in [5, 5.41) is 10.8. The molecule has 0 saturated carbocycles. The van der Waals surface area contributed by atoms with Crippen LogP contribution >= 0.6 is 0 Å². The summed E-state index contributed by atoms with van der Waals surface area (Å²) in [4.78, 5) is 11.8. The molecular weight excluding hydrogens is 232 g/mol. The van der Waals surface area contributed by atoms with Gasteiger partial charge in [-0.15, -0.1) is 0 Å². The molecule has 0 fully saturated rings. The van der Waals surface area contributed by atoms with Crippen LogP contribution in [-0.4, -0.2) is 32.0 Å². The summed E-state index contributed by atoms with van der Waals surface area (Å²) in [6, 6.07) is 0. The Morgan fingerprint density at radius 1 is 1.39 bits per heavy atom. The van der Waals surface area contributed by atoms with Crippen LogP contribution in [0.5, 0.6) is 0 Å². The van der Waals surface area contributed by atoms with E-state index in [-0.39, 0.29) is 5.91 Å². The Hall–Kier alpha value is -2.31. The molecule has 3 N–H and O–H groups in total. The number of carbonyl (C=O) groups is 1. The van der Waals surface area contributed by atoms with Gasteiger partial charge in [0, 0.05) is 26.8 Å². The van der Waals surface area contributed by atoms with Gasteiger partial charge >= 0.3 is 0 Å². The molecule has 0 saturated heterocycles. The molecule has 0 aliphatic carbocycles. The lowest BCUT2D eigenvalue weighted by atomic mass is 10.2. The van der Waals surface area contributed by atoms with E-state index >= 15 is 0 Å². The van der Waals surface area contributed by atoms with Crippen molar-refractivity contribution < 1.29 is 4.79 Å². The predicted molar refractivity (Wildman–Crippen MR) is 66.9 cm³/mol. The van der Waals surface area contributed by atoms with Crippen molar-refractivity contribution in [3.63, 3.8) is 0 Å². The average Bonchev–Trinajstić information content (AvgIpc) is 2.87. The molecule has 2 aromatic heterocycles. The number of hydrogen-bond acceptors (Lipinski definition) is 4. The highest BCUT2D eigenvalue weighted by atomic mass is 16.1. The van der Waals surface area contributed by atoms with Gasteiger partial charge in [0.25, 0.3) is 5.91 Å². The highest BCUT2D eigenvalue weighted by Crippen LogP contribution is 2.08. The van der Waals surface area contributed by atoms with Crippen LogP contribution in [0.25, 0.3) is 0 Å². The van der Waals surface area contributed by atoms with Crippen molar-refractivity contribution in [3.8, 4) is 0 Å². The second kappa shape index (κ2) is 4.91. The van der Waals surface area contributed by atoms with Crippen molar-refractivity contribution >= 4 is 11.7 Å². The number of nitrogens with two attached hydrogens (primary N) is 1. The van der Waals surface area contributed by atoms with E-state index in [1.54, 1.807) is 17.9 Å². The number of aryl methyl sites for hydroxylation is 2. The quantitative estimate of drug-likeness (QED) is 0.777. The predicted octanol–water partition coefficient (Wildman–Crippen LogP) is -0.292. The van der Waals surface area contributed by atoms with Gasteiger partial charge in [0.1, 0.15) is 11.4 Å². The molecular formula is C11H16N6O. The Bertz CT molecular complexity index is 556. The van der Waals surface area contributed by atoms with Crippen molar-refractivity contribution in [3.05, 3.63) is 29.7 Å². The van der Waals surface area contributed by atoms with Crippen LogP contribution in [0, 0.1) is 0 Å². The number of nitrogens with zero attached hydrogens (tertiary/aromatic N) is 4. The zero-order chi connectivity index (χ0) is 13.1. The first-order chi connectivity index (χ1) is 8.58. The maximum absolute atomic E-state index is 11.8. The summed E-state index contributed by atoms with van der Waals surface area (Å²) < 4.78 is 3.20. The van der Waals surface area contributed by atoms with Crippen LogP contribution in [0.2, 0.25) is 0 Å². The molecule has 7 heteroatoms. The molecule has 0 unspecified atom stereocenters. The topological polar surface area (TPSA) is 90.8 Å². The molecule has 18 heavy (non-hydrogen) atoms. The second-order valence-corrected chi connectivity index (χ2v) is 4.10. The number of aromatic nitrogens is 4. The fourth-order valence-electron chi connectivity index (χ4n) is 1.64. The van der Waals surface area contributed by atoms with Crippen LogP contribution in [0.15, 0.2) is 18.6 Å². The van der Waals surface area contributed by atoms with E-state index in [1.165, 1.54) is 10.9 Å². The van der Waals surface area contributed by atoms with E-state index in [0.717, 1.165) is 12.0 Å². The lowest BCUT2D eigenvalue weighted by Crippen LogP contribution is -2.26. The van der Waals surface area contributed by atoms with Crippen LogP contribution in [0.1, 0.15) is 15.9 Å². The van der Waals surface area contributed by atoms with E-state index in [0.29, 0.717) is 17.9 Å². The fourth-order valence-corrected chi connectivity index (χ4v) is 1.64. The molecule has 2 heterocycles. The van der Waals surface area contributed by atoms with E-state index in [1.807, 2.05) is 13.2 Å². The largest absolute Gasteiger partial charge is 0.383 e.